The van der Waals surface area contributed by atoms with Crippen LogP contribution in [0.3, 0.4) is 0 Å². The van der Waals surface area contributed by atoms with E-state index in [1.54, 1.807) is 0 Å². The molecule has 1 aliphatic heterocycles. The highest BCUT2D eigenvalue weighted by atomic mass is 16.5. The number of likely N-dealkylation sites (tertiary alicyclic amines) is 1. The highest BCUT2D eigenvalue weighted by Crippen LogP contribution is 2.27. The van der Waals surface area contributed by atoms with E-state index in [-0.39, 0.29) is 5.91 Å². The van der Waals surface area contributed by atoms with E-state index in [4.69, 9.17) is 4.74 Å². The Balaban J connectivity index is 1.47. The molecule has 1 aromatic rings. The van der Waals surface area contributed by atoms with E-state index in [2.05, 4.69) is 48.0 Å². The van der Waals surface area contributed by atoms with Crippen molar-refractivity contribution in [1.29, 1.82) is 0 Å². The summed E-state index contributed by atoms with van der Waals surface area (Å²) in [5.74, 6) is 1.43. The molecule has 4 nitrogen and oxygen atoms in total. The molecule has 2 aliphatic rings. The van der Waals surface area contributed by atoms with Crippen LogP contribution < -0.4 is 5.32 Å². The molecule has 0 spiro atoms. The zero-order valence-electron chi connectivity index (χ0n) is 19.5. The second kappa shape index (κ2) is 13.0. The van der Waals surface area contributed by atoms with Crippen LogP contribution in [0.5, 0.6) is 0 Å². The summed E-state index contributed by atoms with van der Waals surface area (Å²) in [6.07, 6.45) is 11.7. The van der Waals surface area contributed by atoms with E-state index in [1.807, 2.05) is 6.08 Å². The maximum atomic E-state index is 12.8. The van der Waals surface area contributed by atoms with Crippen molar-refractivity contribution >= 4 is 5.91 Å². The molecule has 31 heavy (non-hydrogen) atoms. The highest BCUT2D eigenvalue weighted by molar-refractivity contribution is 5.76. The zero-order chi connectivity index (χ0) is 21.9. The van der Waals surface area contributed by atoms with Gasteiger partial charge in [0.15, 0.2) is 0 Å². The lowest BCUT2D eigenvalue weighted by Crippen LogP contribution is -2.48. The average molecular weight is 427 g/mol. The highest BCUT2D eigenvalue weighted by Gasteiger charge is 2.30. The Bertz CT molecular complexity index is 690. The molecular formula is C27H42N2O2. The molecule has 1 saturated heterocycles. The molecule has 0 bridgehead atoms. The number of ether oxygens (including phenoxy) is 1. The minimum atomic E-state index is 0.220. The van der Waals surface area contributed by atoms with Crippen LogP contribution in [0.15, 0.2) is 36.9 Å². The van der Waals surface area contributed by atoms with Gasteiger partial charge in [-0.3, -0.25) is 4.79 Å². The van der Waals surface area contributed by atoms with Gasteiger partial charge in [-0.1, -0.05) is 50.1 Å². The standard InChI is InChI=1S/C27H42N2O2/c1-3-18-31-21-22-10-9-17-29(19-22)20-25-13-7-8-14-26(25)28-27(30)16-15-24-12-6-5-11-23(24)4-2/h3,5-6,11-12,22,25-26H,1,4,7-10,13-21H2,2H3,(H,28,30)/t22?,25-,26?/m0/s1. The van der Waals surface area contributed by atoms with Crippen molar-refractivity contribution in [1.82, 2.24) is 10.2 Å². The van der Waals surface area contributed by atoms with Crippen LogP contribution in [0.4, 0.5) is 0 Å². The van der Waals surface area contributed by atoms with Crippen LogP contribution in [0.1, 0.15) is 63.0 Å². The fourth-order valence-corrected chi connectivity index (χ4v) is 5.39. The number of amides is 1. The van der Waals surface area contributed by atoms with E-state index in [0.29, 0.717) is 30.9 Å². The van der Waals surface area contributed by atoms with Gasteiger partial charge in [-0.15, -0.1) is 6.58 Å². The van der Waals surface area contributed by atoms with Crippen LogP contribution >= 0.6 is 0 Å². The predicted molar refractivity (Wildman–Crippen MR) is 128 cm³/mol. The molecule has 1 aliphatic carbocycles. The van der Waals surface area contributed by atoms with Gasteiger partial charge in [-0.05, 0) is 68.0 Å². The van der Waals surface area contributed by atoms with Gasteiger partial charge in [0.1, 0.15) is 0 Å². The summed E-state index contributed by atoms with van der Waals surface area (Å²) in [7, 11) is 0. The summed E-state index contributed by atoms with van der Waals surface area (Å²) in [6.45, 7) is 10.8. The number of benzene rings is 1. The molecule has 2 fully saturated rings. The van der Waals surface area contributed by atoms with E-state index in [1.165, 1.54) is 49.8 Å². The van der Waals surface area contributed by atoms with Gasteiger partial charge in [0.05, 0.1) is 13.2 Å². The van der Waals surface area contributed by atoms with Crippen molar-refractivity contribution in [3.05, 3.63) is 48.0 Å². The molecule has 4 heteroatoms. The average Bonchev–Trinajstić information content (AvgIpc) is 2.80. The van der Waals surface area contributed by atoms with Crippen LogP contribution in [0.25, 0.3) is 0 Å². The van der Waals surface area contributed by atoms with Gasteiger partial charge in [-0.25, -0.2) is 0 Å². The Hall–Kier alpha value is -1.65. The van der Waals surface area contributed by atoms with Crippen LogP contribution in [-0.4, -0.2) is 49.7 Å². The summed E-state index contributed by atoms with van der Waals surface area (Å²) in [5, 5.41) is 3.42. The minimum absolute atomic E-state index is 0.220. The maximum Gasteiger partial charge on any atom is 0.220 e. The molecular weight excluding hydrogens is 384 g/mol. The van der Waals surface area contributed by atoms with Crippen molar-refractivity contribution in [2.75, 3.05) is 32.8 Å². The molecule has 172 valence electrons. The second-order valence-corrected chi connectivity index (χ2v) is 9.43. The molecule has 1 N–H and O–H groups in total. The van der Waals surface area contributed by atoms with Gasteiger partial charge < -0.3 is 15.0 Å². The number of aryl methyl sites for hydroxylation is 2. The monoisotopic (exact) mass is 426 g/mol. The molecule has 0 aromatic heterocycles. The van der Waals surface area contributed by atoms with Gasteiger partial charge in [0.25, 0.3) is 0 Å². The van der Waals surface area contributed by atoms with Crippen molar-refractivity contribution < 1.29 is 9.53 Å². The molecule has 1 aromatic carbocycles. The number of nitrogens with one attached hydrogen (secondary N) is 1. The molecule has 0 radical (unpaired) electrons. The third-order valence-electron chi connectivity index (χ3n) is 7.06. The SMILES string of the molecule is C=CCOCC1CCCN(C[C@@H]2CCCCC2NC(=O)CCc2ccccc2CC)C1. The van der Waals surface area contributed by atoms with Crippen LogP contribution in [-0.2, 0) is 22.4 Å². The lowest BCUT2D eigenvalue weighted by Gasteiger charge is -2.39. The maximum absolute atomic E-state index is 12.8. The number of hydrogen-bond acceptors (Lipinski definition) is 3. The first kappa shape index (κ1) is 24.0. The van der Waals surface area contributed by atoms with E-state index >= 15 is 0 Å². The summed E-state index contributed by atoms with van der Waals surface area (Å²) >= 11 is 0. The van der Waals surface area contributed by atoms with Crippen LogP contribution in [0.2, 0.25) is 0 Å². The van der Waals surface area contributed by atoms with E-state index in [9.17, 15) is 4.79 Å². The fraction of sp³-hybridized carbons (Fsp3) is 0.667. The molecule has 1 amide bonds. The summed E-state index contributed by atoms with van der Waals surface area (Å²) < 4.78 is 5.71. The Morgan fingerprint density at radius 2 is 2.00 bits per heavy atom. The molecule has 2 unspecified atom stereocenters. The Labute approximate surface area is 189 Å². The first-order valence-corrected chi connectivity index (χ1v) is 12.5. The van der Waals surface area contributed by atoms with Crippen LogP contribution in [0, 0.1) is 11.8 Å². The summed E-state index contributed by atoms with van der Waals surface area (Å²) in [6, 6.07) is 8.85. The summed E-state index contributed by atoms with van der Waals surface area (Å²) in [5.41, 5.74) is 2.68. The number of rotatable bonds is 11. The third kappa shape index (κ3) is 7.76. The number of nitrogens with zero attached hydrogens (tertiary/aromatic N) is 1. The predicted octanol–water partition coefficient (Wildman–Crippen LogP) is 4.77. The zero-order valence-corrected chi connectivity index (χ0v) is 19.5. The smallest absolute Gasteiger partial charge is 0.220 e. The second-order valence-electron chi connectivity index (χ2n) is 9.43. The van der Waals surface area contributed by atoms with Crippen molar-refractivity contribution in [2.45, 2.75) is 70.8 Å². The lowest BCUT2D eigenvalue weighted by atomic mass is 9.83. The number of carbonyl (C=O) groups excluding carboxylic acids is 1. The van der Waals surface area contributed by atoms with Crippen molar-refractivity contribution in [3.63, 3.8) is 0 Å². The Kier molecular flexibility index (Phi) is 10.1. The van der Waals surface area contributed by atoms with E-state index in [0.717, 1.165) is 39.0 Å². The summed E-state index contributed by atoms with van der Waals surface area (Å²) in [4.78, 5) is 15.4. The quantitative estimate of drug-likeness (QED) is 0.409. The first-order chi connectivity index (χ1) is 15.2. The molecule has 1 heterocycles. The molecule has 3 rings (SSSR count). The molecule has 3 atom stereocenters. The van der Waals surface area contributed by atoms with E-state index < -0.39 is 0 Å². The van der Waals surface area contributed by atoms with Crippen molar-refractivity contribution in [3.8, 4) is 0 Å². The third-order valence-corrected chi connectivity index (χ3v) is 7.06. The first-order valence-electron chi connectivity index (χ1n) is 12.5. The minimum Gasteiger partial charge on any atom is -0.377 e. The Morgan fingerprint density at radius 3 is 2.81 bits per heavy atom. The van der Waals surface area contributed by atoms with Gasteiger partial charge >= 0.3 is 0 Å². The molecule has 1 saturated carbocycles. The van der Waals surface area contributed by atoms with Gasteiger partial charge in [-0.2, -0.15) is 0 Å². The number of hydrogen-bond donors (Lipinski definition) is 1. The normalized spacial score (nSPS) is 24.6. The topological polar surface area (TPSA) is 41.6 Å². The largest absolute Gasteiger partial charge is 0.377 e. The Morgan fingerprint density at radius 1 is 1.19 bits per heavy atom. The van der Waals surface area contributed by atoms with Gasteiger partial charge in [0.2, 0.25) is 5.91 Å². The lowest BCUT2D eigenvalue weighted by molar-refractivity contribution is -0.122. The number of carbonyl (C=O) groups is 1. The fourth-order valence-electron chi connectivity index (χ4n) is 5.39. The number of piperidine rings is 1. The van der Waals surface area contributed by atoms with Gasteiger partial charge in [0, 0.05) is 25.6 Å². The van der Waals surface area contributed by atoms with Crippen molar-refractivity contribution in [2.24, 2.45) is 11.8 Å².